The zero-order chi connectivity index (χ0) is 14.0. The van der Waals surface area contributed by atoms with E-state index in [0.29, 0.717) is 12.8 Å². The predicted octanol–water partition coefficient (Wildman–Crippen LogP) is 2.21. The number of piperidine rings is 1. The van der Waals surface area contributed by atoms with Crippen LogP contribution in [0.3, 0.4) is 0 Å². The second-order valence-corrected chi connectivity index (χ2v) is 4.85. The molecule has 2 atom stereocenters. The molecule has 0 saturated carbocycles. The van der Waals surface area contributed by atoms with Crippen LogP contribution in [0.5, 0.6) is 0 Å². The lowest BCUT2D eigenvalue weighted by Crippen LogP contribution is -2.43. The summed E-state index contributed by atoms with van der Waals surface area (Å²) in [5.41, 5.74) is 0.848. The number of hydrogen-bond donors (Lipinski definition) is 1. The SMILES string of the molecule is CC(=O)N1CC(C(=O)O)CCC1c1ccc(F)cc1. The Labute approximate surface area is 110 Å². The molecule has 0 spiro atoms. The Hall–Kier alpha value is -1.91. The third-order valence-electron chi connectivity index (χ3n) is 3.59. The summed E-state index contributed by atoms with van der Waals surface area (Å²) in [6, 6.07) is 5.86. The summed E-state index contributed by atoms with van der Waals surface area (Å²) < 4.78 is 12.9. The summed E-state index contributed by atoms with van der Waals surface area (Å²) in [5, 5.41) is 9.04. The molecule has 1 fully saturated rings. The van der Waals surface area contributed by atoms with Crippen LogP contribution in [-0.2, 0) is 9.59 Å². The molecule has 2 unspecified atom stereocenters. The van der Waals surface area contributed by atoms with Gasteiger partial charge in [0.25, 0.3) is 0 Å². The largest absolute Gasteiger partial charge is 0.481 e. The minimum absolute atomic E-state index is 0.153. The Bertz CT molecular complexity index is 486. The summed E-state index contributed by atoms with van der Waals surface area (Å²) in [5.74, 6) is -1.86. The Balaban J connectivity index is 2.22. The topological polar surface area (TPSA) is 57.6 Å². The third kappa shape index (κ3) is 2.92. The van der Waals surface area contributed by atoms with E-state index in [1.165, 1.54) is 19.1 Å². The van der Waals surface area contributed by atoms with Gasteiger partial charge >= 0.3 is 5.97 Å². The first kappa shape index (κ1) is 13.5. The van der Waals surface area contributed by atoms with E-state index in [2.05, 4.69) is 0 Å². The Morgan fingerprint density at radius 1 is 1.26 bits per heavy atom. The summed E-state index contributed by atoms with van der Waals surface area (Å²) >= 11 is 0. The van der Waals surface area contributed by atoms with Crippen LogP contribution in [0.15, 0.2) is 24.3 Å². The summed E-state index contributed by atoms with van der Waals surface area (Å²) in [6.45, 7) is 1.65. The lowest BCUT2D eigenvalue weighted by Gasteiger charge is -2.38. The van der Waals surface area contributed by atoms with Crippen molar-refractivity contribution in [2.75, 3.05) is 6.54 Å². The lowest BCUT2D eigenvalue weighted by molar-refractivity contribution is -0.147. The highest BCUT2D eigenvalue weighted by molar-refractivity contribution is 5.76. The first-order valence-electron chi connectivity index (χ1n) is 6.24. The second-order valence-electron chi connectivity index (χ2n) is 4.85. The minimum Gasteiger partial charge on any atom is -0.481 e. The van der Waals surface area contributed by atoms with Gasteiger partial charge in [0.1, 0.15) is 5.82 Å². The molecule has 2 rings (SSSR count). The van der Waals surface area contributed by atoms with Gasteiger partial charge in [0, 0.05) is 13.5 Å². The predicted molar refractivity (Wildman–Crippen MR) is 66.9 cm³/mol. The molecule has 102 valence electrons. The van der Waals surface area contributed by atoms with Gasteiger partial charge in [-0.05, 0) is 30.5 Å². The molecule has 1 aliphatic heterocycles. The van der Waals surface area contributed by atoms with E-state index in [-0.39, 0.29) is 24.3 Å². The molecular weight excluding hydrogens is 249 g/mol. The number of halogens is 1. The van der Waals surface area contributed by atoms with E-state index in [1.54, 1.807) is 17.0 Å². The van der Waals surface area contributed by atoms with Crippen molar-refractivity contribution in [3.8, 4) is 0 Å². The fraction of sp³-hybridized carbons (Fsp3) is 0.429. The lowest BCUT2D eigenvalue weighted by atomic mass is 9.89. The third-order valence-corrected chi connectivity index (χ3v) is 3.59. The van der Waals surface area contributed by atoms with Crippen LogP contribution in [0, 0.1) is 11.7 Å². The molecule has 19 heavy (non-hydrogen) atoms. The highest BCUT2D eigenvalue weighted by Gasteiger charge is 2.34. The average Bonchev–Trinajstić information content (AvgIpc) is 2.38. The van der Waals surface area contributed by atoms with Gasteiger partial charge in [-0.2, -0.15) is 0 Å². The van der Waals surface area contributed by atoms with E-state index in [4.69, 9.17) is 5.11 Å². The van der Waals surface area contributed by atoms with Crippen molar-refractivity contribution in [1.29, 1.82) is 0 Å². The average molecular weight is 265 g/mol. The number of amides is 1. The van der Waals surface area contributed by atoms with Crippen molar-refractivity contribution in [1.82, 2.24) is 4.90 Å². The molecule has 1 heterocycles. The minimum atomic E-state index is -0.871. The van der Waals surface area contributed by atoms with Gasteiger partial charge in [-0.3, -0.25) is 9.59 Å². The van der Waals surface area contributed by atoms with Gasteiger partial charge in [-0.1, -0.05) is 12.1 Å². The van der Waals surface area contributed by atoms with Crippen molar-refractivity contribution in [2.45, 2.75) is 25.8 Å². The van der Waals surface area contributed by atoms with Crippen LogP contribution in [-0.4, -0.2) is 28.4 Å². The Kier molecular flexibility index (Phi) is 3.83. The molecule has 1 N–H and O–H groups in total. The highest BCUT2D eigenvalue weighted by Crippen LogP contribution is 2.33. The first-order chi connectivity index (χ1) is 8.99. The highest BCUT2D eigenvalue weighted by atomic mass is 19.1. The molecule has 0 aliphatic carbocycles. The fourth-order valence-electron chi connectivity index (χ4n) is 2.55. The number of carboxylic acid groups (broad SMARTS) is 1. The summed E-state index contributed by atoms with van der Waals surface area (Å²) in [4.78, 5) is 24.3. The Morgan fingerprint density at radius 3 is 2.42 bits per heavy atom. The van der Waals surface area contributed by atoms with E-state index in [0.717, 1.165) is 5.56 Å². The van der Waals surface area contributed by atoms with Crippen LogP contribution in [0.2, 0.25) is 0 Å². The monoisotopic (exact) mass is 265 g/mol. The van der Waals surface area contributed by atoms with Gasteiger partial charge in [-0.15, -0.1) is 0 Å². The molecule has 0 aromatic heterocycles. The van der Waals surface area contributed by atoms with Crippen molar-refractivity contribution < 1.29 is 19.1 Å². The molecule has 1 saturated heterocycles. The number of likely N-dealkylation sites (tertiary alicyclic amines) is 1. The second kappa shape index (κ2) is 5.38. The molecule has 0 bridgehead atoms. The maximum Gasteiger partial charge on any atom is 0.308 e. The normalized spacial score (nSPS) is 23.2. The smallest absolute Gasteiger partial charge is 0.308 e. The molecule has 1 aromatic carbocycles. The van der Waals surface area contributed by atoms with Crippen molar-refractivity contribution >= 4 is 11.9 Å². The molecule has 1 amide bonds. The van der Waals surface area contributed by atoms with E-state index in [1.807, 2.05) is 0 Å². The number of benzene rings is 1. The van der Waals surface area contributed by atoms with Crippen LogP contribution in [0.1, 0.15) is 31.4 Å². The van der Waals surface area contributed by atoms with Gasteiger partial charge in [0.05, 0.1) is 12.0 Å². The first-order valence-corrected chi connectivity index (χ1v) is 6.24. The van der Waals surface area contributed by atoms with Crippen LogP contribution >= 0.6 is 0 Å². The van der Waals surface area contributed by atoms with Gasteiger partial charge in [-0.25, -0.2) is 4.39 Å². The zero-order valence-corrected chi connectivity index (χ0v) is 10.7. The van der Waals surface area contributed by atoms with Crippen molar-refractivity contribution in [3.63, 3.8) is 0 Å². The number of hydrogen-bond acceptors (Lipinski definition) is 2. The molecule has 1 aliphatic rings. The van der Waals surface area contributed by atoms with Gasteiger partial charge in [0.15, 0.2) is 0 Å². The summed E-state index contributed by atoms with van der Waals surface area (Å²) in [7, 11) is 0. The van der Waals surface area contributed by atoms with Gasteiger partial charge < -0.3 is 10.0 Å². The number of nitrogens with zero attached hydrogens (tertiary/aromatic N) is 1. The summed E-state index contributed by atoms with van der Waals surface area (Å²) in [6.07, 6.45) is 1.11. The molecule has 1 aromatic rings. The molecule has 4 nitrogen and oxygen atoms in total. The van der Waals surface area contributed by atoms with Crippen molar-refractivity contribution in [2.24, 2.45) is 5.92 Å². The fourth-order valence-corrected chi connectivity index (χ4v) is 2.55. The van der Waals surface area contributed by atoms with E-state index >= 15 is 0 Å². The van der Waals surface area contributed by atoms with Crippen LogP contribution < -0.4 is 0 Å². The van der Waals surface area contributed by atoms with Crippen molar-refractivity contribution in [3.05, 3.63) is 35.6 Å². The van der Waals surface area contributed by atoms with Crippen LogP contribution in [0.4, 0.5) is 4.39 Å². The number of aliphatic carboxylic acids is 1. The number of carboxylic acids is 1. The maximum absolute atomic E-state index is 12.9. The van der Waals surface area contributed by atoms with Crippen LogP contribution in [0.25, 0.3) is 0 Å². The quantitative estimate of drug-likeness (QED) is 0.892. The maximum atomic E-state index is 12.9. The van der Waals surface area contributed by atoms with E-state index in [9.17, 15) is 14.0 Å². The molecular formula is C14H16FNO3. The number of carbonyl (C=O) groups excluding carboxylic acids is 1. The standard InChI is InChI=1S/C14H16FNO3/c1-9(17)16-8-11(14(18)19)4-7-13(16)10-2-5-12(15)6-3-10/h2-3,5-6,11,13H,4,7-8H2,1H3,(H,18,19). The van der Waals surface area contributed by atoms with Gasteiger partial charge in [0.2, 0.25) is 5.91 Å². The number of carbonyl (C=O) groups is 2. The van der Waals surface area contributed by atoms with E-state index < -0.39 is 11.9 Å². The number of rotatable bonds is 2. The molecule has 5 heteroatoms. The molecule has 0 radical (unpaired) electrons. The Morgan fingerprint density at radius 2 is 1.89 bits per heavy atom. The zero-order valence-electron chi connectivity index (χ0n) is 10.7.